The number of carbonyl (C=O) groups is 2. The predicted octanol–water partition coefficient (Wildman–Crippen LogP) is 2.00. The second kappa shape index (κ2) is 7.08. The number of piperidine rings is 1. The van der Waals surface area contributed by atoms with Crippen LogP contribution in [0.25, 0.3) is 0 Å². The van der Waals surface area contributed by atoms with Crippen LogP contribution in [0.15, 0.2) is 23.1 Å². The van der Waals surface area contributed by atoms with Gasteiger partial charge < -0.3 is 9.84 Å². The second-order valence-corrected chi connectivity index (χ2v) is 7.87. The number of sulfonamides is 1. The molecule has 132 valence electrons. The van der Waals surface area contributed by atoms with Crippen molar-refractivity contribution in [2.45, 2.75) is 30.7 Å². The lowest BCUT2D eigenvalue weighted by atomic mass is 9.92. The standard InChI is InChI=1S/C15H18ClNO6S/c1-9-11(14(18)19)4-3-7-17(9)24(21,22)10-5-6-12(13(16)8-10)15(20)23-2/h5-6,8-9,11H,3-4,7H2,1-2H3,(H,18,19)/t9-,11-/m0/s1. The smallest absolute Gasteiger partial charge is 0.339 e. The third kappa shape index (κ3) is 3.40. The van der Waals surface area contributed by atoms with E-state index < -0.39 is 33.9 Å². The number of nitrogens with zero attached hydrogens (tertiary/aromatic N) is 1. The number of aliphatic carboxylic acids is 1. The first-order valence-electron chi connectivity index (χ1n) is 7.32. The van der Waals surface area contributed by atoms with Crippen LogP contribution in [-0.2, 0) is 19.6 Å². The SMILES string of the molecule is COC(=O)c1ccc(S(=O)(=O)N2CCC[C@H](C(=O)O)[C@@H]2C)cc1Cl. The molecule has 7 nitrogen and oxygen atoms in total. The van der Waals surface area contributed by atoms with E-state index in [1.54, 1.807) is 6.92 Å². The molecule has 1 heterocycles. The number of methoxy groups -OCH3 is 1. The molecule has 1 saturated heterocycles. The van der Waals surface area contributed by atoms with Gasteiger partial charge in [-0.3, -0.25) is 4.79 Å². The fourth-order valence-electron chi connectivity index (χ4n) is 2.85. The van der Waals surface area contributed by atoms with Crippen LogP contribution in [0.3, 0.4) is 0 Å². The molecule has 0 amide bonds. The molecule has 0 radical (unpaired) electrons. The van der Waals surface area contributed by atoms with Crippen LogP contribution in [0.4, 0.5) is 0 Å². The van der Waals surface area contributed by atoms with Crippen molar-refractivity contribution >= 4 is 33.6 Å². The molecular weight excluding hydrogens is 358 g/mol. The van der Waals surface area contributed by atoms with Crippen molar-refractivity contribution in [2.24, 2.45) is 5.92 Å². The number of carboxylic acids is 1. The van der Waals surface area contributed by atoms with E-state index in [4.69, 9.17) is 11.6 Å². The van der Waals surface area contributed by atoms with E-state index in [0.29, 0.717) is 12.8 Å². The molecule has 0 aliphatic carbocycles. The third-order valence-corrected chi connectivity index (χ3v) is 6.49. The van der Waals surface area contributed by atoms with Crippen LogP contribution < -0.4 is 0 Å². The number of esters is 1. The van der Waals surface area contributed by atoms with E-state index in [9.17, 15) is 23.1 Å². The van der Waals surface area contributed by atoms with E-state index >= 15 is 0 Å². The number of benzene rings is 1. The summed E-state index contributed by atoms with van der Waals surface area (Å²) in [5.41, 5.74) is 0.0632. The summed E-state index contributed by atoms with van der Waals surface area (Å²) in [5.74, 6) is -2.43. The average molecular weight is 376 g/mol. The fourth-order valence-corrected chi connectivity index (χ4v) is 4.90. The van der Waals surface area contributed by atoms with Crippen molar-refractivity contribution in [2.75, 3.05) is 13.7 Å². The van der Waals surface area contributed by atoms with Gasteiger partial charge in [0.05, 0.1) is 28.5 Å². The molecule has 1 aliphatic rings. The number of carboxylic acid groups (broad SMARTS) is 1. The van der Waals surface area contributed by atoms with Crippen LogP contribution in [0.2, 0.25) is 5.02 Å². The molecule has 1 aromatic carbocycles. The van der Waals surface area contributed by atoms with Gasteiger partial charge in [-0.05, 0) is 38.0 Å². The van der Waals surface area contributed by atoms with Crippen LogP contribution in [0, 0.1) is 5.92 Å². The third-order valence-electron chi connectivity index (χ3n) is 4.20. The minimum absolute atomic E-state index is 0.0395. The molecule has 2 atom stereocenters. The van der Waals surface area contributed by atoms with E-state index in [-0.39, 0.29) is 22.0 Å². The summed E-state index contributed by atoms with van der Waals surface area (Å²) in [6.07, 6.45) is 0.902. The molecule has 9 heteroatoms. The molecule has 0 aromatic heterocycles. The zero-order valence-electron chi connectivity index (χ0n) is 13.2. The van der Waals surface area contributed by atoms with E-state index in [1.807, 2.05) is 0 Å². The maximum Gasteiger partial charge on any atom is 0.339 e. The van der Waals surface area contributed by atoms with Crippen molar-refractivity contribution in [3.63, 3.8) is 0 Å². The van der Waals surface area contributed by atoms with Gasteiger partial charge in [-0.25, -0.2) is 13.2 Å². The lowest BCUT2D eigenvalue weighted by molar-refractivity contribution is -0.144. The topological polar surface area (TPSA) is 101 Å². The number of halogens is 1. The lowest BCUT2D eigenvalue weighted by Gasteiger charge is -2.36. The Morgan fingerprint density at radius 1 is 1.38 bits per heavy atom. The van der Waals surface area contributed by atoms with Gasteiger partial charge in [0.2, 0.25) is 10.0 Å². The molecule has 1 aliphatic heterocycles. The molecule has 0 bridgehead atoms. The van der Waals surface area contributed by atoms with Crippen molar-refractivity contribution in [3.8, 4) is 0 Å². The summed E-state index contributed by atoms with van der Waals surface area (Å²) < 4.78 is 31.4. The first kappa shape index (κ1) is 18.7. The molecule has 1 N–H and O–H groups in total. The molecule has 1 aromatic rings. The van der Waals surface area contributed by atoms with Gasteiger partial charge in [0, 0.05) is 12.6 Å². The van der Waals surface area contributed by atoms with E-state index in [0.717, 1.165) is 0 Å². The highest BCUT2D eigenvalue weighted by molar-refractivity contribution is 7.89. The van der Waals surface area contributed by atoms with Crippen LogP contribution in [0.1, 0.15) is 30.1 Å². The molecule has 1 fully saturated rings. The van der Waals surface area contributed by atoms with Crippen LogP contribution >= 0.6 is 11.6 Å². The van der Waals surface area contributed by atoms with Crippen molar-refractivity contribution in [1.82, 2.24) is 4.31 Å². The zero-order chi connectivity index (χ0) is 18.1. The Labute approximate surface area is 145 Å². The predicted molar refractivity (Wildman–Crippen MR) is 86.5 cm³/mol. The highest BCUT2D eigenvalue weighted by atomic mass is 35.5. The maximum absolute atomic E-state index is 12.8. The van der Waals surface area contributed by atoms with Gasteiger partial charge in [-0.1, -0.05) is 11.6 Å². The molecule has 24 heavy (non-hydrogen) atoms. The summed E-state index contributed by atoms with van der Waals surface area (Å²) in [6, 6.07) is 3.06. The van der Waals surface area contributed by atoms with Crippen LogP contribution in [-0.4, -0.2) is 49.5 Å². The number of ether oxygens (including phenoxy) is 1. The molecular formula is C15H18ClNO6S. The Hall–Kier alpha value is -1.64. The minimum Gasteiger partial charge on any atom is -0.481 e. The second-order valence-electron chi connectivity index (χ2n) is 5.58. The largest absolute Gasteiger partial charge is 0.481 e. The van der Waals surface area contributed by atoms with Gasteiger partial charge in [-0.2, -0.15) is 4.31 Å². The molecule has 2 rings (SSSR count). The summed E-state index contributed by atoms with van der Waals surface area (Å²) in [6.45, 7) is 1.82. The highest BCUT2D eigenvalue weighted by Crippen LogP contribution is 2.31. The van der Waals surface area contributed by atoms with Gasteiger partial charge in [0.15, 0.2) is 0 Å². The zero-order valence-corrected chi connectivity index (χ0v) is 14.8. The summed E-state index contributed by atoms with van der Waals surface area (Å²) in [5, 5.41) is 9.20. The minimum atomic E-state index is -3.92. The van der Waals surface area contributed by atoms with Crippen LogP contribution in [0.5, 0.6) is 0 Å². The quantitative estimate of drug-likeness (QED) is 0.808. The molecule has 0 saturated carbocycles. The monoisotopic (exact) mass is 375 g/mol. The van der Waals surface area contributed by atoms with Gasteiger partial charge in [0.1, 0.15) is 0 Å². The first-order chi connectivity index (χ1) is 11.2. The van der Waals surface area contributed by atoms with Crippen molar-refractivity contribution in [1.29, 1.82) is 0 Å². The number of hydrogen-bond donors (Lipinski definition) is 1. The Bertz CT molecular complexity index is 763. The number of rotatable bonds is 4. The maximum atomic E-state index is 12.8. The fraction of sp³-hybridized carbons (Fsp3) is 0.467. The summed E-state index contributed by atoms with van der Waals surface area (Å²) >= 11 is 5.99. The summed E-state index contributed by atoms with van der Waals surface area (Å²) in [7, 11) is -2.72. The van der Waals surface area contributed by atoms with E-state index in [1.165, 1.54) is 29.6 Å². The first-order valence-corrected chi connectivity index (χ1v) is 9.14. The summed E-state index contributed by atoms with van der Waals surface area (Å²) in [4.78, 5) is 22.7. The Kier molecular flexibility index (Phi) is 5.52. The number of carbonyl (C=O) groups excluding carboxylic acids is 1. The van der Waals surface area contributed by atoms with Gasteiger partial charge in [-0.15, -0.1) is 0 Å². The van der Waals surface area contributed by atoms with Gasteiger partial charge in [0.25, 0.3) is 0 Å². The average Bonchev–Trinajstić information content (AvgIpc) is 2.53. The van der Waals surface area contributed by atoms with E-state index in [2.05, 4.69) is 4.74 Å². The number of hydrogen-bond acceptors (Lipinski definition) is 5. The molecule has 0 unspecified atom stereocenters. The normalized spacial score (nSPS) is 22.1. The lowest BCUT2D eigenvalue weighted by Crippen LogP contribution is -2.48. The van der Waals surface area contributed by atoms with Gasteiger partial charge >= 0.3 is 11.9 Å². The van der Waals surface area contributed by atoms with Crippen molar-refractivity contribution < 1.29 is 27.9 Å². The Balaban J connectivity index is 2.38. The van der Waals surface area contributed by atoms with Crippen molar-refractivity contribution in [3.05, 3.63) is 28.8 Å². The molecule has 0 spiro atoms. The Morgan fingerprint density at radius 2 is 2.04 bits per heavy atom. The highest BCUT2D eigenvalue weighted by Gasteiger charge is 2.39. The Morgan fingerprint density at radius 3 is 2.58 bits per heavy atom.